The molecule has 0 radical (unpaired) electrons. The van der Waals surface area contributed by atoms with Gasteiger partial charge in [0.15, 0.2) is 0 Å². The van der Waals surface area contributed by atoms with Crippen LogP contribution in [0.5, 0.6) is 0 Å². The lowest BCUT2D eigenvalue weighted by molar-refractivity contribution is 0.279. The summed E-state index contributed by atoms with van der Waals surface area (Å²) in [5.74, 6) is 0. The topological polar surface area (TPSA) is 3.24 Å². The van der Waals surface area contributed by atoms with E-state index in [9.17, 15) is 0 Å². The summed E-state index contributed by atoms with van der Waals surface area (Å²) in [6.45, 7) is 0. The molecule has 1 nitrogen and oxygen atoms in total. The Morgan fingerprint density at radius 3 is 2.38 bits per heavy atom. The Kier molecular flexibility index (Phi) is 7.97. The first-order chi connectivity index (χ1) is 12.1. The van der Waals surface area contributed by atoms with Crippen molar-refractivity contribution < 1.29 is 0 Å². The minimum atomic E-state index is 0. The Hall–Kier alpha value is -1.06. The molecule has 1 atom stereocenters. The van der Waals surface area contributed by atoms with E-state index < -0.39 is 0 Å². The quantitative estimate of drug-likeness (QED) is 0.379. The summed E-state index contributed by atoms with van der Waals surface area (Å²) in [6.07, 6.45) is 3.33. The second kappa shape index (κ2) is 9.75. The third-order valence-corrected chi connectivity index (χ3v) is 5.56. The smallest absolute Gasteiger partial charge is 0.0484 e. The van der Waals surface area contributed by atoms with Crippen LogP contribution in [-0.2, 0) is 6.42 Å². The van der Waals surface area contributed by atoms with E-state index in [4.69, 9.17) is 11.6 Å². The maximum absolute atomic E-state index is 6.34. The van der Waals surface area contributed by atoms with Crippen LogP contribution >= 0.6 is 39.9 Å². The van der Waals surface area contributed by atoms with Crippen LogP contribution in [0.25, 0.3) is 10.8 Å². The first kappa shape index (κ1) is 21.2. The monoisotopic (exact) mass is 451 g/mol. The third kappa shape index (κ3) is 5.01. The zero-order chi connectivity index (χ0) is 17.8. The number of fused-ring (bicyclic) bond motifs is 1. The molecular formula is C22H24BrCl2N. The molecule has 0 aromatic heterocycles. The average Bonchev–Trinajstić information content (AvgIpc) is 2.60. The van der Waals surface area contributed by atoms with E-state index in [0.29, 0.717) is 6.04 Å². The highest BCUT2D eigenvalue weighted by atomic mass is 79.9. The lowest BCUT2D eigenvalue weighted by Gasteiger charge is -2.25. The summed E-state index contributed by atoms with van der Waals surface area (Å²) in [4.78, 5) is 2.31. The molecule has 0 heterocycles. The Bertz CT molecular complexity index is 864. The van der Waals surface area contributed by atoms with Crippen LogP contribution in [-0.4, -0.2) is 19.0 Å². The van der Waals surface area contributed by atoms with Gasteiger partial charge in [-0.3, -0.25) is 0 Å². The third-order valence-electron chi connectivity index (χ3n) is 4.74. The van der Waals surface area contributed by atoms with Gasteiger partial charge >= 0.3 is 0 Å². The maximum atomic E-state index is 6.34. The summed E-state index contributed by atoms with van der Waals surface area (Å²) in [5, 5.41) is 3.26. The molecule has 0 N–H and O–H groups in total. The Morgan fingerprint density at radius 2 is 1.69 bits per heavy atom. The highest BCUT2D eigenvalue weighted by Crippen LogP contribution is 2.30. The van der Waals surface area contributed by atoms with Gasteiger partial charge in [-0.05, 0) is 68.1 Å². The van der Waals surface area contributed by atoms with E-state index in [2.05, 4.69) is 83.5 Å². The number of rotatable bonds is 6. The SMILES string of the molecule is CN(C)C(CCCc1ccc(Cl)c2ccccc12)c1cccc(Br)c1.Cl. The van der Waals surface area contributed by atoms with E-state index in [0.717, 1.165) is 34.1 Å². The highest BCUT2D eigenvalue weighted by Gasteiger charge is 2.14. The maximum Gasteiger partial charge on any atom is 0.0484 e. The van der Waals surface area contributed by atoms with Gasteiger partial charge in [0, 0.05) is 20.9 Å². The molecule has 0 bridgehead atoms. The number of halogens is 3. The van der Waals surface area contributed by atoms with Gasteiger partial charge in [0.05, 0.1) is 0 Å². The predicted octanol–water partition coefficient (Wildman–Crippen LogP) is 7.30. The van der Waals surface area contributed by atoms with Gasteiger partial charge < -0.3 is 4.90 Å². The predicted molar refractivity (Wildman–Crippen MR) is 120 cm³/mol. The van der Waals surface area contributed by atoms with Gasteiger partial charge in [-0.15, -0.1) is 12.4 Å². The fourth-order valence-corrected chi connectivity index (χ4v) is 4.11. The van der Waals surface area contributed by atoms with Crippen molar-refractivity contribution >= 4 is 50.7 Å². The van der Waals surface area contributed by atoms with Gasteiger partial charge in [0.25, 0.3) is 0 Å². The van der Waals surface area contributed by atoms with Crippen LogP contribution in [0.2, 0.25) is 5.02 Å². The molecule has 3 aromatic carbocycles. The normalized spacial score (nSPS) is 12.2. The van der Waals surface area contributed by atoms with Crippen LogP contribution in [0.15, 0.2) is 65.1 Å². The fourth-order valence-electron chi connectivity index (χ4n) is 3.47. The molecule has 0 saturated heterocycles. The van der Waals surface area contributed by atoms with Crippen molar-refractivity contribution in [1.82, 2.24) is 4.90 Å². The van der Waals surface area contributed by atoms with Crippen molar-refractivity contribution in [1.29, 1.82) is 0 Å². The molecule has 1 unspecified atom stereocenters. The molecule has 0 aliphatic heterocycles. The lowest BCUT2D eigenvalue weighted by Crippen LogP contribution is -2.20. The fraction of sp³-hybridized carbons (Fsp3) is 0.273. The summed E-state index contributed by atoms with van der Waals surface area (Å²) < 4.78 is 1.14. The molecule has 4 heteroatoms. The Labute approximate surface area is 175 Å². The summed E-state index contributed by atoms with van der Waals surface area (Å²) in [5.41, 5.74) is 2.74. The van der Waals surface area contributed by atoms with Gasteiger partial charge in [-0.25, -0.2) is 0 Å². The Morgan fingerprint density at radius 1 is 0.962 bits per heavy atom. The number of benzene rings is 3. The summed E-state index contributed by atoms with van der Waals surface area (Å²) in [7, 11) is 4.31. The molecule has 138 valence electrons. The molecule has 26 heavy (non-hydrogen) atoms. The van der Waals surface area contributed by atoms with Gasteiger partial charge in [0.1, 0.15) is 0 Å². The average molecular weight is 453 g/mol. The zero-order valence-electron chi connectivity index (χ0n) is 15.1. The van der Waals surface area contributed by atoms with Crippen molar-refractivity contribution in [3.05, 3.63) is 81.3 Å². The summed E-state index contributed by atoms with van der Waals surface area (Å²) >= 11 is 9.93. The van der Waals surface area contributed by atoms with Crippen molar-refractivity contribution in [2.45, 2.75) is 25.3 Å². The van der Waals surface area contributed by atoms with Crippen molar-refractivity contribution in [3.8, 4) is 0 Å². The molecule has 3 aromatic rings. The number of hydrogen-bond acceptors (Lipinski definition) is 1. The molecule has 0 fully saturated rings. The van der Waals surface area contributed by atoms with Gasteiger partial charge in [0.2, 0.25) is 0 Å². The second-order valence-corrected chi connectivity index (χ2v) is 8.00. The van der Waals surface area contributed by atoms with E-state index in [-0.39, 0.29) is 12.4 Å². The number of aryl methyl sites for hydroxylation is 1. The largest absolute Gasteiger partial charge is 0.302 e. The lowest BCUT2D eigenvalue weighted by atomic mass is 9.96. The first-order valence-corrected chi connectivity index (χ1v) is 9.81. The molecule has 3 rings (SSSR count). The van der Waals surface area contributed by atoms with Crippen molar-refractivity contribution in [2.24, 2.45) is 0 Å². The summed E-state index contributed by atoms with van der Waals surface area (Å²) in [6, 6.07) is 21.7. The zero-order valence-corrected chi connectivity index (χ0v) is 18.2. The molecular weight excluding hydrogens is 429 g/mol. The van der Waals surface area contributed by atoms with Crippen molar-refractivity contribution in [2.75, 3.05) is 14.1 Å². The molecule has 0 saturated carbocycles. The van der Waals surface area contributed by atoms with Crippen LogP contribution < -0.4 is 0 Å². The second-order valence-electron chi connectivity index (χ2n) is 6.68. The molecule has 0 spiro atoms. The van der Waals surface area contributed by atoms with Crippen LogP contribution in [0, 0.1) is 0 Å². The van der Waals surface area contributed by atoms with E-state index in [1.54, 1.807) is 0 Å². The van der Waals surface area contributed by atoms with Crippen LogP contribution in [0.3, 0.4) is 0 Å². The van der Waals surface area contributed by atoms with E-state index >= 15 is 0 Å². The van der Waals surface area contributed by atoms with E-state index in [1.165, 1.54) is 16.5 Å². The minimum Gasteiger partial charge on any atom is -0.302 e. The van der Waals surface area contributed by atoms with E-state index in [1.807, 2.05) is 12.1 Å². The molecule has 0 amide bonds. The van der Waals surface area contributed by atoms with Crippen LogP contribution in [0.4, 0.5) is 0 Å². The van der Waals surface area contributed by atoms with Crippen molar-refractivity contribution in [3.63, 3.8) is 0 Å². The number of nitrogens with zero attached hydrogens (tertiary/aromatic N) is 1. The molecule has 0 aliphatic carbocycles. The minimum absolute atomic E-state index is 0. The standard InChI is InChI=1S/C22H23BrClN.ClH/c1-25(2)22(17-8-5-9-18(23)15-17)12-6-7-16-13-14-21(24)20-11-4-3-10-19(16)20;/h3-5,8-11,13-15,22H,6-7,12H2,1-2H3;1H. The van der Waals surface area contributed by atoms with Gasteiger partial charge in [-0.1, -0.05) is 70.0 Å². The van der Waals surface area contributed by atoms with Crippen LogP contribution in [0.1, 0.15) is 30.0 Å². The molecule has 0 aliphatic rings. The Balaban J connectivity index is 0.00000243. The van der Waals surface area contributed by atoms with Gasteiger partial charge in [-0.2, -0.15) is 0 Å². The number of hydrogen-bond donors (Lipinski definition) is 0. The first-order valence-electron chi connectivity index (χ1n) is 8.64. The highest BCUT2D eigenvalue weighted by molar-refractivity contribution is 9.10.